The first-order valence-corrected chi connectivity index (χ1v) is 6.92. The Morgan fingerprint density at radius 2 is 1.94 bits per heavy atom. The van der Waals surface area contributed by atoms with Crippen molar-refractivity contribution in [2.45, 2.75) is 45.4 Å². The maximum Gasteiger partial charge on any atom is 0.165 e. The highest BCUT2D eigenvalue weighted by Gasteiger charge is 2.11. The van der Waals surface area contributed by atoms with E-state index >= 15 is 0 Å². The topological polar surface area (TPSA) is 17.1 Å². The van der Waals surface area contributed by atoms with Gasteiger partial charge in [0.1, 0.15) is 5.82 Å². The van der Waals surface area contributed by atoms with Gasteiger partial charge in [-0.15, -0.1) is 0 Å². The molecule has 0 aromatic heterocycles. The van der Waals surface area contributed by atoms with Crippen LogP contribution in [0.3, 0.4) is 0 Å². The van der Waals surface area contributed by atoms with Gasteiger partial charge in [-0.25, -0.2) is 4.39 Å². The van der Waals surface area contributed by atoms with Gasteiger partial charge >= 0.3 is 0 Å². The molecule has 0 atom stereocenters. The lowest BCUT2D eigenvalue weighted by atomic mass is 10.0. The molecule has 1 aromatic carbocycles. The summed E-state index contributed by atoms with van der Waals surface area (Å²) in [6, 6.07) is 4.59. The van der Waals surface area contributed by atoms with E-state index in [-0.39, 0.29) is 11.3 Å². The molecule has 0 amide bonds. The zero-order valence-corrected chi connectivity index (χ0v) is 11.7. The second-order valence-corrected chi connectivity index (χ2v) is 5.13. The summed E-state index contributed by atoms with van der Waals surface area (Å²) in [5.74, 6) is -0.524. The first-order chi connectivity index (χ1) is 8.15. The van der Waals surface area contributed by atoms with Gasteiger partial charge in [-0.1, -0.05) is 48.5 Å². The van der Waals surface area contributed by atoms with Gasteiger partial charge in [-0.05, 0) is 24.6 Å². The van der Waals surface area contributed by atoms with E-state index in [0.717, 1.165) is 19.3 Å². The number of Topliss-reactive ketones (excluding diaryl/α,β-unsaturated/α-hetero) is 1. The first-order valence-electron chi connectivity index (χ1n) is 6.13. The highest BCUT2D eigenvalue weighted by molar-refractivity contribution is 9.10. The minimum absolute atomic E-state index is 0.0912. The third-order valence-electron chi connectivity index (χ3n) is 2.74. The fraction of sp³-hybridized carbons (Fsp3) is 0.500. The molecule has 0 aliphatic heterocycles. The molecule has 0 heterocycles. The minimum atomic E-state index is -0.432. The van der Waals surface area contributed by atoms with Gasteiger partial charge in [-0.2, -0.15) is 0 Å². The molecule has 0 N–H and O–H groups in total. The van der Waals surface area contributed by atoms with Crippen LogP contribution in [0.2, 0.25) is 0 Å². The molecule has 17 heavy (non-hydrogen) atoms. The van der Waals surface area contributed by atoms with Crippen molar-refractivity contribution in [2.24, 2.45) is 0 Å². The van der Waals surface area contributed by atoms with Gasteiger partial charge in [0.05, 0.1) is 5.56 Å². The molecule has 1 aromatic rings. The lowest BCUT2D eigenvalue weighted by molar-refractivity contribution is 0.0975. The van der Waals surface area contributed by atoms with Crippen molar-refractivity contribution in [1.29, 1.82) is 0 Å². The quantitative estimate of drug-likeness (QED) is 0.504. The van der Waals surface area contributed by atoms with Crippen LogP contribution in [0.1, 0.15) is 55.8 Å². The van der Waals surface area contributed by atoms with Gasteiger partial charge < -0.3 is 0 Å². The molecule has 1 rings (SSSR count). The van der Waals surface area contributed by atoms with E-state index in [4.69, 9.17) is 0 Å². The molecule has 0 bridgehead atoms. The molecule has 0 saturated carbocycles. The second kappa shape index (κ2) is 7.59. The lowest BCUT2D eigenvalue weighted by Gasteiger charge is -2.03. The van der Waals surface area contributed by atoms with E-state index < -0.39 is 5.82 Å². The van der Waals surface area contributed by atoms with Crippen LogP contribution in [-0.2, 0) is 0 Å². The Bertz CT molecular complexity index is 376. The Morgan fingerprint density at radius 1 is 1.24 bits per heavy atom. The predicted octanol–water partition coefficient (Wildman–Crippen LogP) is 5.13. The SMILES string of the molecule is CCCCCCCC(=O)c1ccc(Br)cc1F. The highest BCUT2D eigenvalue weighted by atomic mass is 79.9. The molecule has 0 aliphatic carbocycles. The molecule has 3 heteroatoms. The summed E-state index contributed by atoms with van der Waals surface area (Å²) in [5.41, 5.74) is 0.212. The molecule has 0 radical (unpaired) electrons. The van der Waals surface area contributed by atoms with E-state index in [1.54, 1.807) is 12.1 Å². The summed E-state index contributed by atoms with van der Waals surface area (Å²) in [4.78, 5) is 11.8. The molecule has 94 valence electrons. The van der Waals surface area contributed by atoms with Crippen LogP contribution in [0.4, 0.5) is 4.39 Å². The average molecular weight is 301 g/mol. The zero-order chi connectivity index (χ0) is 12.7. The van der Waals surface area contributed by atoms with Crippen LogP contribution in [-0.4, -0.2) is 5.78 Å². The van der Waals surface area contributed by atoms with Crippen LogP contribution >= 0.6 is 15.9 Å². The van der Waals surface area contributed by atoms with Crippen molar-refractivity contribution in [1.82, 2.24) is 0 Å². The van der Waals surface area contributed by atoms with E-state index in [1.807, 2.05) is 0 Å². The number of carbonyl (C=O) groups excluding carboxylic acids is 1. The van der Waals surface area contributed by atoms with Gasteiger partial charge in [0.25, 0.3) is 0 Å². The van der Waals surface area contributed by atoms with Crippen molar-refractivity contribution in [3.8, 4) is 0 Å². The maximum absolute atomic E-state index is 13.5. The molecule has 1 nitrogen and oxygen atoms in total. The Labute approximate surface area is 111 Å². The number of ketones is 1. The van der Waals surface area contributed by atoms with Crippen LogP contribution < -0.4 is 0 Å². The van der Waals surface area contributed by atoms with Crippen LogP contribution in [0, 0.1) is 5.82 Å². The Balaban J connectivity index is 2.42. The number of hydrogen-bond acceptors (Lipinski definition) is 1. The predicted molar refractivity (Wildman–Crippen MR) is 71.8 cm³/mol. The number of hydrogen-bond donors (Lipinski definition) is 0. The van der Waals surface area contributed by atoms with Crippen molar-refractivity contribution in [3.05, 3.63) is 34.1 Å². The Morgan fingerprint density at radius 3 is 2.59 bits per heavy atom. The van der Waals surface area contributed by atoms with Gasteiger partial charge in [0, 0.05) is 10.9 Å². The Hall–Kier alpha value is -0.700. The number of halogens is 2. The smallest absolute Gasteiger partial charge is 0.165 e. The van der Waals surface area contributed by atoms with Gasteiger partial charge in [0.2, 0.25) is 0 Å². The maximum atomic E-state index is 13.5. The Kier molecular flexibility index (Phi) is 6.41. The van der Waals surface area contributed by atoms with Crippen molar-refractivity contribution < 1.29 is 9.18 Å². The number of rotatable bonds is 7. The molecular formula is C14H18BrFO. The standard InChI is InChI=1S/C14H18BrFO/c1-2-3-4-5-6-7-14(17)12-9-8-11(15)10-13(12)16/h8-10H,2-7H2,1H3. The highest BCUT2D eigenvalue weighted by Crippen LogP contribution is 2.17. The zero-order valence-electron chi connectivity index (χ0n) is 10.1. The minimum Gasteiger partial charge on any atom is -0.294 e. The molecule has 0 unspecified atom stereocenters. The van der Waals surface area contributed by atoms with Crippen molar-refractivity contribution in [3.63, 3.8) is 0 Å². The van der Waals surface area contributed by atoms with Crippen molar-refractivity contribution >= 4 is 21.7 Å². The summed E-state index contributed by atoms with van der Waals surface area (Å²) in [6.45, 7) is 2.16. The fourth-order valence-electron chi connectivity index (χ4n) is 1.74. The second-order valence-electron chi connectivity index (χ2n) is 4.21. The lowest BCUT2D eigenvalue weighted by Crippen LogP contribution is -2.02. The largest absolute Gasteiger partial charge is 0.294 e. The summed E-state index contributed by atoms with van der Waals surface area (Å²) in [5, 5.41) is 0. The average Bonchev–Trinajstić information content (AvgIpc) is 2.28. The van der Waals surface area contributed by atoms with Gasteiger partial charge in [0.15, 0.2) is 5.78 Å². The fourth-order valence-corrected chi connectivity index (χ4v) is 2.07. The van der Waals surface area contributed by atoms with Crippen LogP contribution in [0.25, 0.3) is 0 Å². The van der Waals surface area contributed by atoms with E-state index in [2.05, 4.69) is 22.9 Å². The summed E-state index contributed by atoms with van der Waals surface area (Å²) in [7, 11) is 0. The molecule has 0 saturated heterocycles. The third kappa shape index (κ3) is 4.99. The van der Waals surface area contributed by atoms with E-state index in [1.165, 1.54) is 18.9 Å². The molecule has 0 fully saturated rings. The normalized spacial score (nSPS) is 10.5. The van der Waals surface area contributed by atoms with Crippen molar-refractivity contribution in [2.75, 3.05) is 0 Å². The summed E-state index contributed by atoms with van der Waals surface area (Å²) < 4.78 is 14.1. The number of carbonyl (C=O) groups is 1. The molecule has 0 aliphatic rings. The van der Waals surface area contributed by atoms with E-state index in [9.17, 15) is 9.18 Å². The summed E-state index contributed by atoms with van der Waals surface area (Å²) >= 11 is 3.18. The summed E-state index contributed by atoms with van der Waals surface area (Å²) in [6.07, 6.45) is 5.91. The van der Waals surface area contributed by atoms with Crippen LogP contribution in [0.15, 0.2) is 22.7 Å². The molecule has 0 spiro atoms. The number of benzene rings is 1. The van der Waals surface area contributed by atoms with Crippen LogP contribution in [0.5, 0.6) is 0 Å². The molecular weight excluding hydrogens is 283 g/mol. The van der Waals surface area contributed by atoms with E-state index in [0.29, 0.717) is 10.9 Å². The monoisotopic (exact) mass is 300 g/mol. The van der Waals surface area contributed by atoms with Gasteiger partial charge in [-0.3, -0.25) is 4.79 Å². The number of unbranched alkanes of at least 4 members (excludes halogenated alkanes) is 4. The first kappa shape index (κ1) is 14.4. The third-order valence-corrected chi connectivity index (χ3v) is 3.23.